The lowest BCUT2D eigenvalue weighted by Crippen LogP contribution is -2.17. The van der Waals surface area contributed by atoms with Crippen LogP contribution in [-0.4, -0.2) is 33.8 Å². The molecule has 2 aromatic heterocycles. The van der Waals surface area contributed by atoms with Gasteiger partial charge in [0.2, 0.25) is 5.91 Å². The Hall–Kier alpha value is -2.21. The van der Waals surface area contributed by atoms with Gasteiger partial charge in [-0.15, -0.1) is 0 Å². The van der Waals surface area contributed by atoms with Crippen LogP contribution in [0, 0.1) is 6.92 Å². The van der Waals surface area contributed by atoms with Gasteiger partial charge in [0.25, 0.3) is 0 Å². The maximum absolute atomic E-state index is 12.0. The second kappa shape index (κ2) is 6.05. The van der Waals surface area contributed by atoms with Crippen molar-refractivity contribution in [2.24, 2.45) is 0 Å². The Kier molecular flexibility index (Phi) is 3.96. The Bertz CT molecular complexity index is 613. The number of aromatic nitrogens is 3. The minimum atomic E-state index is -0.0737. The van der Waals surface area contributed by atoms with E-state index in [0.717, 1.165) is 30.8 Å². The van der Waals surface area contributed by atoms with Crippen molar-refractivity contribution in [3.63, 3.8) is 0 Å². The van der Waals surface area contributed by atoms with Crippen LogP contribution in [0.15, 0.2) is 30.6 Å². The standard InChI is InChI=1S/C15H19N5O/c1-11-2-3-12(9-17-11)8-15(21)18-14-5-7-20(19-14)13-4-6-16-10-13/h2-3,5,7,9,13,16H,4,6,8,10H2,1H3,(H,18,19,21). The number of carbonyl (C=O) groups is 1. The molecule has 0 saturated carbocycles. The molecule has 1 saturated heterocycles. The summed E-state index contributed by atoms with van der Waals surface area (Å²) in [7, 11) is 0. The fourth-order valence-corrected chi connectivity index (χ4v) is 2.45. The molecular weight excluding hydrogens is 266 g/mol. The number of anilines is 1. The summed E-state index contributed by atoms with van der Waals surface area (Å²) >= 11 is 0. The van der Waals surface area contributed by atoms with Crippen molar-refractivity contribution in [1.29, 1.82) is 0 Å². The monoisotopic (exact) mass is 285 g/mol. The Morgan fingerprint density at radius 3 is 3.10 bits per heavy atom. The smallest absolute Gasteiger partial charge is 0.230 e. The van der Waals surface area contributed by atoms with Crippen molar-refractivity contribution in [1.82, 2.24) is 20.1 Å². The SMILES string of the molecule is Cc1ccc(CC(=O)Nc2ccn(C3CCNC3)n2)cn1. The largest absolute Gasteiger partial charge is 0.315 e. The van der Waals surface area contributed by atoms with E-state index < -0.39 is 0 Å². The van der Waals surface area contributed by atoms with E-state index >= 15 is 0 Å². The molecule has 1 aliphatic heterocycles. The zero-order chi connectivity index (χ0) is 14.7. The van der Waals surface area contributed by atoms with Gasteiger partial charge in [-0.2, -0.15) is 5.10 Å². The number of carbonyl (C=O) groups excluding carboxylic acids is 1. The average molecular weight is 285 g/mol. The average Bonchev–Trinajstić information content (AvgIpc) is 3.12. The molecule has 1 unspecified atom stereocenters. The number of pyridine rings is 1. The quantitative estimate of drug-likeness (QED) is 0.888. The molecule has 110 valence electrons. The normalized spacial score (nSPS) is 17.9. The van der Waals surface area contributed by atoms with Crippen molar-refractivity contribution >= 4 is 11.7 Å². The third-order valence-corrected chi connectivity index (χ3v) is 3.62. The lowest BCUT2D eigenvalue weighted by Gasteiger charge is -2.08. The van der Waals surface area contributed by atoms with E-state index in [4.69, 9.17) is 0 Å². The minimum absolute atomic E-state index is 0.0737. The second-order valence-corrected chi connectivity index (χ2v) is 5.36. The predicted molar refractivity (Wildman–Crippen MR) is 80.1 cm³/mol. The number of amides is 1. The van der Waals surface area contributed by atoms with Gasteiger partial charge in [-0.1, -0.05) is 6.07 Å². The maximum Gasteiger partial charge on any atom is 0.230 e. The maximum atomic E-state index is 12.0. The molecule has 0 bridgehead atoms. The Labute approximate surface area is 123 Å². The van der Waals surface area contributed by atoms with E-state index in [2.05, 4.69) is 20.7 Å². The van der Waals surface area contributed by atoms with Crippen molar-refractivity contribution in [2.45, 2.75) is 25.8 Å². The molecule has 6 heteroatoms. The molecule has 0 aromatic carbocycles. The van der Waals surface area contributed by atoms with Crippen LogP contribution in [0.4, 0.5) is 5.82 Å². The highest BCUT2D eigenvalue weighted by atomic mass is 16.1. The van der Waals surface area contributed by atoms with E-state index in [1.807, 2.05) is 36.0 Å². The molecule has 0 radical (unpaired) electrons. The van der Waals surface area contributed by atoms with Gasteiger partial charge in [0.05, 0.1) is 12.5 Å². The third-order valence-electron chi connectivity index (χ3n) is 3.62. The van der Waals surface area contributed by atoms with E-state index in [9.17, 15) is 4.79 Å². The molecule has 21 heavy (non-hydrogen) atoms. The summed E-state index contributed by atoms with van der Waals surface area (Å²) in [5.74, 6) is 0.530. The van der Waals surface area contributed by atoms with Gasteiger partial charge < -0.3 is 10.6 Å². The first kappa shape index (κ1) is 13.8. The van der Waals surface area contributed by atoms with Crippen molar-refractivity contribution < 1.29 is 4.79 Å². The Morgan fingerprint density at radius 1 is 1.48 bits per heavy atom. The van der Waals surface area contributed by atoms with E-state index in [1.54, 1.807) is 6.20 Å². The number of hydrogen-bond acceptors (Lipinski definition) is 4. The first-order valence-corrected chi connectivity index (χ1v) is 7.18. The Balaban J connectivity index is 1.58. The number of nitrogens with zero attached hydrogens (tertiary/aromatic N) is 3. The van der Waals surface area contributed by atoms with Crippen LogP contribution in [0.25, 0.3) is 0 Å². The minimum Gasteiger partial charge on any atom is -0.315 e. The van der Waals surface area contributed by atoms with Gasteiger partial charge >= 0.3 is 0 Å². The summed E-state index contributed by atoms with van der Waals surface area (Å²) < 4.78 is 1.92. The number of aryl methyl sites for hydroxylation is 1. The van der Waals surface area contributed by atoms with Crippen LogP contribution in [0.3, 0.4) is 0 Å². The van der Waals surface area contributed by atoms with E-state index in [1.165, 1.54) is 0 Å². The zero-order valence-corrected chi connectivity index (χ0v) is 12.0. The molecule has 6 nitrogen and oxygen atoms in total. The topological polar surface area (TPSA) is 71.8 Å². The molecule has 0 spiro atoms. The Morgan fingerprint density at radius 2 is 2.38 bits per heavy atom. The van der Waals surface area contributed by atoms with E-state index in [-0.39, 0.29) is 5.91 Å². The number of hydrogen-bond donors (Lipinski definition) is 2. The van der Waals surface area contributed by atoms with Crippen LogP contribution in [0.2, 0.25) is 0 Å². The van der Waals surface area contributed by atoms with Crippen LogP contribution in [0.1, 0.15) is 23.7 Å². The molecule has 1 fully saturated rings. The molecule has 1 atom stereocenters. The van der Waals surface area contributed by atoms with E-state index in [0.29, 0.717) is 18.3 Å². The van der Waals surface area contributed by atoms with Crippen molar-refractivity contribution in [3.05, 3.63) is 41.9 Å². The summed E-state index contributed by atoms with van der Waals surface area (Å²) in [4.78, 5) is 16.2. The zero-order valence-electron chi connectivity index (χ0n) is 12.0. The van der Waals surface area contributed by atoms with Crippen molar-refractivity contribution in [3.8, 4) is 0 Å². The summed E-state index contributed by atoms with van der Waals surface area (Å²) in [6, 6.07) is 6.05. The third kappa shape index (κ3) is 3.46. The molecule has 3 rings (SSSR count). The molecule has 1 amide bonds. The number of nitrogens with one attached hydrogen (secondary N) is 2. The first-order valence-electron chi connectivity index (χ1n) is 7.18. The summed E-state index contributed by atoms with van der Waals surface area (Å²) in [5, 5.41) is 10.5. The second-order valence-electron chi connectivity index (χ2n) is 5.36. The van der Waals surface area contributed by atoms with Gasteiger partial charge in [0.15, 0.2) is 5.82 Å². The molecule has 0 aliphatic carbocycles. The summed E-state index contributed by atoms with van der Waals surface area (Å²) in [6.45, 7) is 3.88. The molecule has 2 N–H and O–H groups in total. The van der Waals surface area contributed by atoms with Gasteiger partial charge in [-0.05, 0) is 31.5 Å². The van der Waals surface area contributed by atoms with Gasteiger partial charge in [-0.3, -0.25) is 14.5 Å². The van der Waals surface area contributed by atoms with Crippen LogP contribution < -0.4 is 10.6 Å². The summed E-state index contributed by atoms with van der Waals surface area (Å²) in [5.41, 5.74) is 1.85. The van der Waals surface area contributed by atoms with Crippen LogP contribution >= 0.6 is 0 Å². The molecule has 1 aliphatic rings. The van der Waals surface area contributed by atoms with Gasteiger partial charge in [0.1, 0.15) is 0 Å². The highest BCUT2D eigenvalue weighted by Gasteiger charge is 2.17. The van der Waals surface area contributed by atoms with Gasteiger partial charge in [-0.25, -0.2) is 0 Å². The van der Waals surface area contributed by atoms with Crippen molar-refractivity contribution in [2.75, 3.05) is 18.4 Å². The fraction of sp³-hybridized carbons (Fsp3) is 0.400. The van der Waals surface area contributed by atoms with Crippen LogP contribution in [0.5, 0.6) is 0 Å². The molecule has 2 aromatic rings. The van der Waals surface area contributed by atoms with Gasteiger partial charge in [0, 0.05) is 30.7 Å². The lowest BCUT2D eigenvalue weighted by atomic mass is 10.2. The lowest BCUT2D eigenvalue weighted by molar-refractivity contribution is -0.115. The fourth-order valence-electron chi connectivity index (χ4n) is 2.45. The predicted octanol–water partition coefficient (Wildman–Crippen LogP) is 1.30. The molecule has 3 heterocycles. The number of rotatable bonds is 4. The highest BCUT2D eigenvalue weighted by molar-refractivity contribution is 5.91. The van der Waals surface area contributed by atoms with Crippen LogP contribution in [-0.2, 0) is 11.2 Å². The first-order chi connectivity index (χ1) is 10.2. The molecular formula is C15H19N5O. The summed E-state index contributed by atoms with van der Waals surface area (Å²) in [6.07, 6.45) is 5.04. The highest BCUT2D eigenvalue weighted by Crippen LogP contribution is 2.15.